The largest absolute Gasteiger partial charge is 0.507 e. The van der Waals surface area contributed by atoms with Crippen molar-refractivity contribution in [3.63, 3.8) is 0 Å². The van der Waals surface area contributed by atoms with Gasteiger partial charge in [0.2, 0.25) is 0 Å². The summed E-state index contributed by atoms with van der Waals surface area (Å²) < 4.78 is 0. The molecule has 0 aliphatic heterocycles. The Balaban J connectivity index is 3.01. The number of aliphatic hydroxyl groups excluding tert-OH is 1. The molecule has 0 saturated carbocycles. The molecule has 4 nitrogen and oxygen atoms in total. The third-order valence-corrected chi connectivity index (χ3v) is 2.74. The molecule has 0 radical (unpaired) electrons. The first kappa shape index (κ1) is 13.5. The van der Waals surface area contributed by atoms with E-state index in [1.54, 1.807) is 18.2 Å². The lowest BCUT2D eigenvalue weighted by atomic mass is 10.1. The minimum absolute atomic E-state index is 0.0106. The van der Waals surface area contributed by atoms with Crippen LogP contribution in [0.1, 0.15) is 29.8 Å². The van der Waals surface area contributed by atoms with Crippen LogP contribution in [-0.4, -0.2) is 40.7 Å². The van der Waals surface area contributed by atoms with Gasteiger partial charge in [0.05, 0.1) is 12.2 Å². The number of rotatable bonds is 5. The molecule has 0 heterocycles. The van der Waals surface area contributed by atoms with Gasteiger partial charge in [0, 0.05) is 13.1 Å². The van der Waals surface area contributed by atoms with Crippen molar-refractivity contribution in [3.05, 3.63) is 29.3 Å². The number of nitrogens with zero attached hydrogens (tertiary/aromatic N) is 1. The summed E-state index contributed by atoms with van der Waals surface area (Å²) in [6, 6.07) is 5.05. The Hall–Kier alpha value is -1.55. The summed E-state index contributed by atoms with van der Waals surface area (Å²) in [5, 5.41) is 18.6. The van der Waals surface area contributed by atoms with Crippen molar-refractivity contribution in [2.75, 3.05) is 19.7 Å². The molecule has 0 atom stereocenters. The Bertz CT molecular complexity index is 390. The average Bonchev–Trinajstić information content (AvgIpc) is 2.35. The first-order valence-electron chi connectivity index (χ1n) is 5.86. The zero-order chi connectivity index (χ0) is 12.8. The molecule has 1 amide bonds. The number of aromatic hydroxyl groups is 1. The van der Waals surface area contributed by atoms with Crippen molar-refractivity contribution >= 4 is 5.91 Å². The van der Waals surface area contributed by atoms with Crippen LogP contribution in [0.2, 0.25) is 0 Å². The van der Waals surface area contributed by atoms with Crippen LogP contribution in [0.5, 0.6) is 5.75 Å². The van der Waals surface area contributed by atoms with E-state index < -0.39 is 0 Å². The van der Waals surface area contributed by atoms with Gasteiger partial charge < -0.3 is 15.1 Å². The smallest absolute Gasteiger partial charge is 0.257 e. The lowest BCUT2D eigenvalue weighted by Crippen LogP contribution is -2.33. The van der Waals surface area contributed by atoms with Crippen LogP contribution >= 0.6 is 0 Å². The van der Waals surface area contributed by atoms with E-state index in [0.717, 1.165) is 12.0 Å². The number of amides is 1. The number of aryl methyl sites for hydroxylation is 1. The Morgan fingerprint density at radius 2 is 2.06 bits per heavy atom. The predicted molar refractivity (Wildman–Crippen MR) is 66.1 cm³/mol. The van der Waals surface area contributed by atoms with E-state index in [-0.39, 0.29) is 24.8 Å². The van der Waals surface area contributed by atoms with Crippen molar-refractivity contribution in [1.29, 1.82) is 0 Å². The van der Waals surface area contributed by atoms with E-state index in [1.165, 1.54) is 4.90 Å². The number of likely N-dealkylation sites (N-methyl/N-ethyl adjacent to an activating group) is 1. The number of aliphatic hydroxyl groups is 1. The molecule has 0 unspecified atom stereocenters. The van der Waals surface area contributed by atoms with Crippen LogP contribution in [0, 0.1) is 0 Å². The van der Waals surface area contributed by atoms with Crippen molar-refractivity contribution < 1.29 is 15.0 Å². The molecule has 0 aromatic heterocycles. The molecule has 1 rings (SSSR count). The van der Waals surface area contributed by atoms with Crippen LogP contribution in [0.15, 0.2) is 18.2 Å². The van der Waals surface area contributed by atoms with Gasteiger partial charge in [0.25, 0.3) is 5.91 Å². The second-order valence-corrected chi connectivity index (χ2v) is 3.81. The maximum atomic E-state index is 12.1. The summed E-state index contributed by atoms with van der Waals surface area (Å²) in [7, 11) is 0. The molecular weight excluding hydrogens is 218 g/mol. The quantitative estimate of drug-likeness (QED) is 0.814. The minimum Gasteiger partial charge on any atom is -0.507 e. The molecule has 4 heteroatoms. The second-order valence-electron chi connectivity index (χ2n) is 3.81. The van der Waals surface area contributed by atoms with E-state index in [4.69, 9.17) is 5.11 Å². The maximum Gasteiger partial charge on any atom is 0.257 e. The number of carbonyl (C=O) groups is 1. The van der Waals surface area contributed by atoms with Gasteiger partial charge in [-0.1, -0.05) is 13.0 Å². The molecule has 0 aliphatic rings. The van der Waals surface area contributed by atoms with Gasteiger partial charge in [-0.2, -0.15) is 0 Å². The van der Waals surface area contributed by atoms with Crippen molar-refractivity contribution in [2.45, 2.75) is 20.3 Å². The minimum atomic E-state index is -0.241. The number of phenols is 1. The summed E-state index contributed by atoms with van der Waals surface area (Å²) in [4.78, 5) is 13.6. The highest BCUT2D eigenvalue weighted by atomic mass is 16.3. The summed E-state index contributed by atoms with van der Waals surface area (Å²) in [6.07, 6.45) is 0.812. The first-order chi connectivity index (χ1) is 8.13. The van der Waals surface area contributed by atoms with Gasteiger partial charge in [-0.3, -0.25) is 4.79 Å². The van der Waals surface area contributed by atoms with Gasteiger partial charge in [0.15, 0.2) is 0 Å². The number of benzene rings is 1. The lowest BCUT2D eigenvalue weighted by molar-refractivity contribution is 0.0729. The van der Waals surface area contributed by atoms with Gasteiger partial charge >= 0.3 is 0 Å². The monoisotopic (exact) mass is 237 g/mol. The Morgan fingerprint density at radius 1 is 1.35 bits per heavy atom. The van der Waals surface area contributed by atoms with Crippen LogP contribution < -0.4 is 0 Å². The highest BCUT2D eigenvalue weighted by Gasteiger charge is 2.17. The molecule has 94 valence electrons. The molecule has 1 aromatic rings. The fraction of sp³-hybridized carbons (Fsp3) is 0.462. The van der Waals surface area contributed by atoms with Crippen LogP contribution in [0.4, 0.5) is 0 Å². The predicted octanol–water partition coefficient (Wildman–Crippen LogP) is 1.41. The van der Waals surface area contributed by atoms with Crippen molar-refractivity contribution in [3.8, 4) is 5.75 Å². The topological polar surface area (TPSA) is 60.8 Å². The van der Waals surface area contributed by atoms with Crippen LogP contribution in [0.25, 0.3) is 0 Å². The number of hydrogen-bond acceptors (Lipinski definition) is 3. The van der Waals surface area contributed by atoms with Gasteiger partial charge in [-0.25, -0.2) is 0 Å². The summed E-state index contributed by atoms with van der Waals surface area (Å²) in [5.41, 5.74) is 1.31. The van der Waals surface area contributed by atoms with Crippen molar-refractivity contribution in [1.82, 2.24) is 4.90 Å². The first-order valence-corrected chi connectivity index (χ1v) is 5.86. The molecule has 0 fully saturated rings. The average molecular weight is 237 g/mol. The van der Waals surface area contributed by atoms with Crippen LogP contribution in [0.3, 0.4) is 0 Å². The van der Waals surface area contributed by atoms with E-state index >= 15 is 0 Å². The number of hydrogen-bond donors (Lipinski definition) is 2. The third kappa shape index (κ3) is 3.20. The van der Waals surface area contributed by atoms with E-state index in [2.05, 4.69) is 0 Å². The maximum absolute atomic E-state index is 12.1. The Kier molecular flexibility index (Phi) is 4.97. The normalized spacial score (nSPS) is 10.3. The zero-order valence-electron chi connectivity index (χ0n) is 10.3. The Morgan fingerprint density at radius 3 is 2.59 bits per heavy atom. The summed E-state index contributed by atoms with van der Waals surface area (Å²) >= 11 is 0. The lowest BCUT2D eigenvalue weighted by Gasteiger charge is -2.20. The van der Waals surface area contributed by atoms with Gasteiger partial charge in [0.1, 0.15) is 5.75 Å². The molecular formula is C13H19NO3. The van der Waals surface area contributed by atoms with Crippen LogP contribution in [-0.2, 0) is 6.42 Å². The number of phenolic OH excluding ortho intramolecular Hbond substituents is 1. The highest BCUT2D eigenvalue weighted by Crippen LogP contribution is 2.20. The van der Waals surface area contributed by atoms with Gasteiger partial charge in [-0.05, 0) is 31.0 Å². The fourth-order valence-electron chi connectivity index (χ4n) is 1.67. The summed E-state index contributed by atoms with van der Waals surface area (Å²) in [6.45, 7) is 4.55. The van der Waals surface area contributed by atoms with E-state index in [0.29, 0.717) is 12.1 Å². The van der Waals surface area contributed by atoms with E-state index in [9.17, 15) is 9.90 Å². The van der Waals surface area contributed by atoms with E-state index in [1.807, 2.05) is 13.8 Å². The zero-order valence-corrected chi connectivity index (χ0v) is 10.3. The molecule has 0 aliphatic carbocycles. The number of carbonyl (C=O) groups excluding carboxylic acids is 1. The third-order valence-electron chi connectivity index (χ3n) is 2.74. The van der Waals surface area contributed by atoms with Gasteiger partial charge in [-0.15, -0.1) is 0 Å². The molecule has 0 spiro atoms. The SMILES string of the molecule is CCc1ccc(O)c(C(=O)N(CC)CCO)c1. The molecule has 2 N–H and O–H groups in total. The second kappa shape index (κ2) is 6.25. The Labute approximate surface area is 101 Å². The molecule has 17 heavy (non-hydrogen) atoms. The summed E-state index contributed by atoms with van der Waals surface area (Å²) in [5.74, 6) is -0.252. The van der Waals surface area contributed by atoms with Crippen molar-refractivity contribution in [2.24, 2.45) is 0 Å². The standard InChI is InChI=1S/C13H19NO3/c1-3-10-5-6-12(16)11(9-10)13(17)14(4-2)7-8-15/h5-6,9,15-16H,3-4,7-8H2,1-2H3. The molecule has 0 bridgehead atoms. The fourth-order valence-corrected chi connectivity index (χ4v) is 1.67. The highest BCUT2D eigenvalue weighted by molar-refractivity contribution is 5.97. The molecule has 1 aromatic carbocycles. The molecule has 0 saturated heterocycles.